The van der Waals surface area contributed by atoms with Crippen molar-refractivity contribution in [1.29, 1.82) is 0 Å². The standard InChI is InChI=1S/C12H19N3S/c1-9-6-10(7-13)15-12(14-9)8-16-11-4-2-3-5-11/h6,11H,2-5,7-8,13H2,1H3. The summed E-state index contributed by atoms with van der Waals surface area (Å²) < 4.78 is 0. The van der Waals surface area contributed by atoms with E-state index in [1.165, 1.54) is 25.7 Å². The number of aryl methyl sites for hydroxylation is 1. The fourth-order valence-electron chi connectivity index (χ4n) is 2.12. The summed E-state index contributed by atoms with van der Waals surface area (Å²) in [5, 5.41) is 0.824. The number of thioether (sulfide) groups is 1. The second-order valence-corrected chi connectivity index (χ2v) is 5.63. The highest BCUT2D eigenvalue weighted by Gasteiger charge is 2.15. The fourth-order valence-corrected chi connectivity index (χ4v) is 3.30. The van der Waals surface area contributed by atoms with Gasteiger partial charge in [0.2, 0.25) is 0 Å². The number of rotatable bonds is 4. The smallest absolute Gasteiger partial charge is 0.138 e. The maximum Gasteiger partial charge on any atom is 0.138 e. The Kier molecular flexibility index (Phi) is 4.18. The molecule has 0 radical (unpaired) electrons. The van der Waals surface area contributed by atoms with E-state index in [0.717, 1.165) is 28.2 Å². The van der Waals surface area contributed by atoms with E-state index in [0.29, 0.717) is 6.54 Å². The summed E-state index contributed by atoms with van der Waals surface area (Å²) in [5.41, 5.74) is 7.59. The molecule has 0 bridgehead atoms. The lowest BCUT2D eigenvalue weighted by molar-refractivity contribution is 0.883. The molecule has 3 nitrogen and oxygen atoms in total. The summed E-state index contributed by atoms with van der Waals surface area (Å²) in [4.78, 5) is 8.91. The van der Waals surface area contributed by atoms with Gasteiger partial charge in [0.15, 0.2) is 0 Å². The molecule has 0 aromatic carbocycles. The molecule has 0 amide bonds. The van der Waals surface area contributed by atoms with Gasteiger partial charge in [0.25, 0.3) is 0 Å². The molecule has 0 atom stereocenters. The van der Waals surface area contributed by atoms with Crippen molar-refractivity contribution in [2.75, 3.05) is 0 Å². The molecule has 4 heteroatoms. The van der Waals surface area contributed by atoms with Crippen LogP contribution in [-0.4, -0.2) is 15.2 Å². The normalized spacial score (nSPS) is 16.9. The molecular formula is C12H19N3S. The predicted molar refractivity (Wildman–Crippen MR) is 68.2 cm³/mol. The average Bonchev–Trinajstić information content (AvgIpc) is 2.78. The van der Waals surface area contributed by atoms with Gasteiger partial charge in [-0.25, -0.2) is 9.97 Å². The van der Waals surface area contributed by atoms with E-state index < -0.39 is 0 Å². The van der Waals surface area contributed by atoms with Crippen molar-refractivity contribution in [2.45, 2.75) is 50.2 Å². The first-order valence-electron chi connectivity index (χ1n) is 5.93. The van der Waals surface area contributed by atoms with E-state index >= 15 is 0 Å². The third-order valence-electron chi connectivity index (χ3n) is 2.91. The first-order chi connectivity index (χ1) is 7.78. The lowest BCUT2D eigenvalue weighted by Gasteiger charge is -2.08. The van der Waals surface area contributed by atoms with Crippen molar-refractivity contribution in [3.63, 3.8) is 0 Å². The molecule has 1 fully saturated rings. The van der Waals surface area contributed by atoms with Gasteiger partial charge < -0.3 is 5.73 Å². The Labute approximate surface area is 101 Å². The molecule has 1 saturated carbocycles. The molecule has 2 N–H and O–H groups in total. The van der Waals surface area contributed by atoms with Crippen LogP contribution in [0.2, 0.25) is 0 Å². The topological polar surface area (TPSA) is 51.8 Å². The van der Waals surface area contributed by atoms with Crippen LogP contribution in [0.25, 0.3) is 0 Å². The van der Waals surface area contributed by atoms with Gasteiger partial charge in [0.1, 0.15) is 5.82 Å². The number of hydrogen-bond donors (Lipinski definition) is 1. The Hall–Kier alpha value is -0.610. The number of aromatic nitrogens is 2. The van der Waals surface area contributed by atoms with Crippen molar-refractivity contribution in [1.82, 2.24) is 9.97 Å². The molecule has 1 aliphatic carbocycles. The molecular weight excluding hydrogens is 218 g/mol. The van der Waals surface area contributed by atoms with Crippen LogP contribution in [0.5, 0.6) is 0 Å². The Bertz CT molecular complexity index is 348. The highest BCUT2D eigenvalue weighted by Crippen LogP contribution is 2.30. The molecule has 16 heavy (non-hydrogen) atoms. The minimum atomic E-state index is 0.504. The maximum atomic E-state index is 5.61. The molecule has 1 heterocycles. The molecule has 0 unspecified atom stereocenters. The molecule has 1 aliphatic rings. The average molecular weight is 237 g/mol. The van der Waals surface area contributed by atoms with Gasteiger partial charge in [-0.15, -0.1) is 0 Å². The zero-order chi connectivity index (χ0) is 11.4. The molecule has 1 aromatic heterocycles. The van der Waals surface area contributed by atoms with E-state index in [1.54, 1.807) is 0 Å². The Balaban J connectivity index is 1.94. The molecule has 1 aromatic rings. The van der Waals surface area contributed by atoms with Crippen LogP contribution < -0.4 is 5.73 Å². The van der Waals surface area contributed by atoms with Crippen LogP contribution in [0, 0.1) is 6.92 Å². The Morgan fingerprint density at radius 2 is 2.12 bits per heavy atom. The first kappa shape index (κ1) is 11.9. The molecule has 88 valence electrons. The van der Waals surface area contributed by atoms with Crippen LogP contribution in [-0.2, 0) is 12.3 Å². The van der Waals surface area contributed by atoms with Crippen LogP contribution in [0.15, 0.2) is 6.07 Å². The Morgan fingerprint density at radius 3 is 2.81 bits per heavy atom. The van der Waals surface area contributed by atoms with Gasteiger partial charge in [-0.05, 0) is 25.8 Å². The second kappa shape index (κ2) is 5.64. The monoisotopic (exact) mass is 237 g/mol. The van der Waals surface area contributed by atoms with E-state index in [4.69, 9.17) is 5.73 Å². The molecule has 0 aliphatic heterocycles. The van der Waals surface area contributed by atoms with Crippen molar-refractivity contribution < 1.29 is 0 Å². The van der Waals surface area contributed by atoms with Crippen molar-refractivity contribution >= 4 is 11.8 Å². The number of nitrogens with zero attached hydrogens (tertiary/aromatic N) is 2. The fraction of sp³-hybridized carbons (Fsp3) is 0.667. The van der Waals surface area contributed by atoms with Crippen molar-refractivity contribution in [3.8, 4) is 0 Å². The van der Waals surface area contributed by atoms with Crippen LogP contribution in [0.3, 0.4) is 0 Å². The van der Waals surface area contributed by atoms with E-state index in [1.807, 2.05) is 24.8 Å². The quantitative estimate of drug-likeness (QED) is 0.873. The van der Waals surface area contributed by atoms with Crippen LogP contribution >= 0.6 is 11.8 Å². The Morgan fingerprint density at radius 1 is 1.38 bits per heavy atom. The van der Waals surface area contributed by atoms with E-state index in [-0.39, 0.29) is 0 Å². The summed E-state index contributed by atoms with van der Waals surface area (Å²) >= 11 is 2.00. The van der Waals surface area contributed by atoms with Crippen LogP contribution in [0.4, 0.5) is 0 Å². The third-order valence-corrected chi connectivity index (χ3v) is 4.28. The minimum absolute atomic E-state index is 0.504. The summed E-state index contributed by atoms with van der Waals surface area (Å²) in [6.07, 6.45) is 5.50. The van der Waals surface area contributed by atoms with Gasteiger partial charge in [-0.3, -0.25) is 0 Å². The van der Waals surface area contributed by atoms with Crippen molar-refractivity contribution in [3.05, 3.63) is 23.3 Å². The highest BCUT2D eigenvalue weighted by molar-refractivity contribution is 7.99. The van der Waals surface area contributed by atoms with Gasteiger partial charge >= 0.3 is 0 Å². The SMILES string of the molecule is Cc1cc(CN)nc(CSC2CCCC2)n1. The first-order valence-corrected chi connectivity index (χ1v) is 6.98. The van der Waals surface area contributed by atoms with Gasteiger partial charge in [-0.2, -0.15) is 11.8 Å². The zero-order valence-corrected chi connectivity index (χ0v) is 10.6. The molecule has 2 rings (SSSR count). The summed E-state index contributed by atoms with van der Waals surface area (Å²) in [5.74, 6) is 1.87. The zero-order valence-electron chi connectivity index (χ0n) is 9.78. The minimum Gasteiger partial charge on any atom is -0.325 e. The molecule has 0 saturated heterocycles. The van der Waals surface area contributed by atoms with Crippen molar-refractivity contribution in [2.24, 2.45) is 5.73 Å². The molecule has 0 spiro atoms. The third kappa shape index (κ3) is 3.19. The van der Waals surface area contributed by atoms with E-state index in [2.05, 4.69) is 9.97 Å². The number of hydrogen-bond acceptors (Lipinski definition) is 4. The second-order valence-electron chi connectivity index (χ2n) is 4.34. The van der Waals surface area contributed by atoms with E-state index in [9.17, 15) is 0 Å². The maximum absolute atomic E-state index is 5.61. The summed E-state index contributed by atoms with van der Waals surface area (Å²) in [7, 11) is 0. The summed E-state index contributed by atoms with van der Waals surface area (Å²) in [6.45, 7) is 2.51. The highest BCUT2D eigenvalue weighted by atomic mass is 32.2. The van der Waals surface area contributed by atoms with Gasteiger partial charge in [0, 0.05) is 17.5 Å². The van der Waals surface area contributed by atoms with Gasteiger partial charge in [-0.1, -0.05) is 12.8 Å². The number of nitrogens with two attached hydrogens (primary N) is 1. The lowest BCUT2D eigenvalue weighted by Crippen LogP contribution is -2.06. The summed E-state index contributed by atoms with van der Waals surface area (Å²) in [6, 6.07) is 1.96. The predicted octanol–water partition coefficient (Wildman–Crippen LogP) is 2.42. The van der Waals surface area contributed by atoms with Gasteiger partial charge in [0.05, 0.1) is 11.4 Å². The van der Waals surface area contributed by atoms with Crippen LogP contribution in [0.1, 0.15) is 42.9 Å². The lowest BCUT2D eigenvalue weighted by atomic mass is 10.3. The largest absolute Gasteiger partial charge is 0.325 e.